The van der Waals surface area contributed by atoms with E-state index >= 15 is 0 Å². The molecule has 17 heavy (non-hydrogen) atoms. The first-order valence-electron chi connectivity index (χ1n) is 5.59. The van der Waals surface area contributed by atoms with Gasteiger partial charge in [-0.05, 0) is 42.5 Å². The van der Waals surface area contributed by atoms with E-state index in [1.165, 1.54) is 12.7 Å². The molecule has 0 aliphatic heterocycles. The van der Waals surface area contributed by atoms with Gasteiger partial charge in [-0.3, -0.25) is 4.79 Å². The van der Waals surface area contributed by atoms with Crippen LogP contribution in [0, 0.1) is 5.92 Å². The molecule has 4 heteroatoms. The fraction of sp³-hybridized carbons (Fsp3) is 0.462. The lowest BCUT2D eigenvalue weighted by atomic mass is 9.83. The first-order chi connectivity index (χ1) is 8.17. The third kappa shape index (κ3) is 2.32. The summed E-state index contributed by atoms with van der Waals surface area (Å²) >= 11 is 3.55. The molecule has 0 heterocycles. The van der Waals surface area contributed by atoms with E-state index in [0.29, 0.717) is 6.42 Å². The molecule has 0 fully saturated rings. The van der Waals surface area contributed by atoms with E-state index < -0.39 is 0 Å². The minimum Gasteiger partial charge on any atom is -0.496 e. The highest BCUT2D eigenvalue weighted by molar-refractivity contribution is 9.10. The zero-order valence-electron chi connectivity index (χ0n) is 9.96. The van der Waals surface area contributed by atoms with Gasteiger partial charge in [0, 0.05) is 4.47 Å². The van der Waals surface area contributed by atoms with Crippen molar-refractivity contribution in [1.82, 2.24) is 0 Å². The summed E-state index contributed by atoms with van der Waals surface area (Å²) in [6, 6.07) is 3.93. The number of fused-ring (bicyclic) bond motifs is 1. The first-order valence-corrected chi connectivity index (χ1v) is 6.38. The molecule has 1 atom stereocenters. The fourth-order valence-corrected chi connectivity index (χ4v) is 2.93. The summed E-state index contributed by atoms with van der Waals surface area (Å²) in [7, 11) is 3.10. The molecular formula is C13H15BrO3. The number of carbonyl (C=O) groups is 1. The first kappa shape index (κ1) is 12.4. The molecule has 2 rings (SSSR count). The molecule has 3 nitrogen and oxygen atoms in total. The molecule has 1 aliphatic rings. The van der Waals surface area contributed by atoms with Crippen molar-refractivity contribution >= 4 is 21.9 Å². The number of halogens is 1. The minimum atomic E-state index is -0.127. The average molecular weight is 299 g/mol. The van der Waals surface area contributed by atoms with Gasteiger partial charge in [0.15, 0.2) is 0 Å². The quantitative estimate of drug-likeness (QED) is 0.788. The van der Waals surface area contributed by atoms with Crippen LogP contribution < -0.4 is 4.74 Å². The van der Waals surface area contributed by atoms with Crippen LogP contribution in [0.4, 0.5) is 0 Å². The average Bonchev–Trinajstić information content (AvgIpc) is 2.38. The molecule has 0 radical (unpaired) electrons. The van der Waals surface area contributed by atoms with Gasteiger partial charge in [0.25, 0.3) is 0 Å². The smallest absolute Gasteiger partial charge is 0.309 e. The Morgan fingerprint density at radius 1 is 1.35 bits per heavy atom. The Morgan fingerprint density at radius 2 is 2.12 bits per heavy atom. The minimum absolute atomic E-state index is 0.0456. The Balaban J connectivity index is 2.35. The largest absolute Gasteiger partial charge is 0.496 e. The highest BCUT2D eigenvalue weighted by Gasteiger charge is 2.28. The van der Waals surface area contributed by atoms with Crippen molar-refractivity contribution in [2.75, 3.05) is 14.2 Å². The van der Waals surface area contributed by atoms with Gasteiger partial charge < -0.3 is 9.47 Å². The van der Waals surface area contributed by atoms with E-state index in [-0.39, 0.29) is 11.9 Å². The molecule has 0 bridgehead atoms. The fourth-order valence-electron chi connectivity index (χ4n) is 2.36. The summed E-state index contributed by atoms with van der Waals surface area (Å²) in [6.45, 7) is 0. The third-order valence-corrected chi connectivity index (χ3v) is 4.02. The number of methoxy groups -OCH3 is 2. The van der Waals surface area contributed by atoms with Gasteiger partial charge >= 0.3 is 5.97 Å². The predicted molar refractivity (Wildman–Crippen MR) is 68.2 cm³/mol. The SMILES string of the molecule is COC(=O)C1CCc2c(Br)ccc(OC)c2C1. The molecule has 1 unspecified atom stereocenters. The van der Waals surface area contributed by atoms with Crippen LogP contribution >= 0.6 is 15.9 Å². The van der Waals surface area contributed by atoms with Crippen LogP contribution in [0.15, 0.2) is 16.6 Å². The van der Waals surface area contributed by atoms with Crippen molar-refractivity contribution in [2.24, 2.45) is 5.92 Å². The number of hydrogen-bond donors (Lipinski definition) is 0. The molecule has 1 aliphatic carbocycles. The summed E-state index contributed by atoms with van der Waals surface area (Å²) in [4.78, 5) is 11.6. The number of esters is 1. The molecule has 0 aromatic heterocycles. The lowest BCUT2D eigenvalue weighted by Gasteiger charge is -2.25. The van der Waals surface area contributed by atoms with Crippen molar-refractivity contribution in [1.29, 1.82) is 0 Å². The Morgan fingerprint density at radius 3 is 2.76 bits per heavy atom. The van der Waals surface area contributed by atoms with Gasteiger partial charge in [-0.25, -0.2) is 0 Å². The Labute approximate surface area is 109 Å². The number of rotatable bonds is 2. The van der Waals surface area contributed by atoms with E-state index in [1.807, 2.05) is 12.1 Å². The lowest BCUT2D eigenvalue weighted by molar-refractivity contribution is -0.145. The topological polar surface area (TPSA) is 35.5 Å². The third-order valence-electron chi connectivity index (χ3n) is 3.28. The number of ether oxygens (including phenoxy) is 2. The Kier molecular flexibility index (Phi) is 3.72. The Bertz CT molecular complexity index is 443. The van der Waals surface area contributed by atoms with Crippen LogP contribution in [-0.4, -0.2) is 20.2 Å². The number of carbonyl (C=O) groups excluding carboxylic acids is 1. The summed E-state index contributed by atoms with van der Waals surface area (Å²) in [5.74, 6) is 0.685. The van der Waals surface area contributed by atoms with E-state index in [2.05, 4.69) is 15.9 Å². The predicted octanol–water partition coefficient (Wildman–Crippen LogP) is 2.74. The van der Waals surface area contributed by atoms with Gasteiger partial charge in [0.2, 0.25) is 0 Å². The van der Waals surface area contributed by atoms with Gasteiger partial charge in [0.1, 0.15) is 5.75 Å². The monoisotopic (exact) mass is 298 g/mol. The van der Waals surface area contributed by atoms with Gasteiger partial charge in [-0.2, -0.15) is 0 Å². The molecule has 0 N–H and O–H groups in total. The Hall–Kier alpha value is -1.03. The van der Waals surface area contributed by atoms with Crippen LogP contribution in [0.5, 0.6) is 5.75 Å². The van der Waals surface area contributed by atoms with E-state index in [4.69, 9.17) is 9.47 Å². The summed E-state index contributed by atoms with van der Waals surface area (Å²) in [5.41, 5.74) is 2.38. The molecule has 0 saturated carbocycles. The summed E-state index contributed by atoms with van der Waals surface area (Å²) in [5, 5.41) is 0. The second kappa shape index (κ2) is 5.08. The molecule has 0 saturated heterocycles. The summed E-state index contributed by atoms with van der Waals surface area (Å²) in [6.07, 6.45) is 2.42. The van der Waals surface area contributed by atoms with Crippen LogP contribution in [-0.2, 0) is 22.4 Å². The number of benzene rings is 1. The zero-order valence-corrected chi connectivity index (χ0v) is 11.5. The van der Waals surface area contributed by atoms with Crippen LogP contribution in [0.25, 0.3) is 0 Å². The van der Waals surface area contributed by atoms with Crippen LogP contribution in [0.1, 0.15) is 17.5 Å². The highest BCUT2D eigenvalue weighted by Crippen LogP contribution is 2.36. The van der Waals surface area contributed by atoms with E-state index in [0.717, 1.165) is 28.6 Å². The molecule has 1 aromatic carbocycles. The highest BCUT2D eigenvalue weighted by atomic mass is 79.9. The van der Waals surface area contributed by atoms with E-state index in [9.17, 15) is 4.79 Å². The van der Waals surface area contributed by atoms with Gasteiger partial charge in [-0.1, -0.05) is 15.9 Å². The normalized spacial score (nSPS) is 18.4. The van der Waals surface area contributed by atoms with Crippen molar-refractivity contribution in [3.63, 3.8) is 0 Å². The molecule has 0 spiro atoms. The zero-order chi connectivity index (χ0) is 12.4. The molecular weight excluding hydrogens is 284 g/mol. The molecule has 1 aromatic rings. The lowest BCUT2D eigenvalue weighted by Crippen LogP contribution is -2.24. The number of hydrogen-bond acceptors (Lipinski definition) is 3. The van der Waals surface area contributed by atoms with Crippen LogP contribution in [0.2, 0.25) is 0 Å². The van der Waals surface area contributed by atoms with Crippen molar-refractivity contribution < 1.29 is 14.3 Å². The van der Waals surface area contributed by atoms with Crippen molar-refractivity contribution in [3.8, 4) is 5.75 Å². The van der Waals surface area contributed by atoms with Crippen molar-refractivity contribution in [2.45, 2.75) is 19.3 Å². The second-order valence-electron chi connectivity index (χ2n) is 4.17. The van der Waals surface area contributed by atoms with Gasteiger partial charge in [0.05, 0.1) is 20.1 Å². The standard InChI is InChI=1S/C13H15BrO3/c1-16-12-6-5-11(14)9-4-3-8(7-10(9)12)13(15)17-2/h5-6,8H,3-4,7H2,1-2H3. The van der Waals surface area contributed by atoms with Gasteiger partial charge in [-0.15, -0.1) is 0 Å². The maximum absolute atomic E-state index is 11.6. The molecule has 92 valence electrons. The maximum Gasteiger partial charge on any atom is 0.309 e. The van der Waals surface area contributed by atoms with Crippen LogP contribution in [0.3, 0.4) is 0 Å². The van der Waals surface area contributed by atoms with Crippen molar-refractivity contribution in [3.05, 3.63) is 27.7 Å². The maximum atomic E-state index is 11.6. The summed E-state index contributed by atoms with van der Waals surface area (Å²) < 4.78 is 11.3. The second-order valence-corrected chi connectivity index (χ2v) is 5.02. The molecule has 0 amide bonds. The van der Waals surface area contributed by atoms with E-state index in [1.54, 1.807) is 7.11 Å².